The molecule has 3 aromatic heterocycles. The molecule has 0 aliphatic heterocycles. The molecular weight excluding hydrogens is 563 g/mol. The number of amides is 1. The Balaban J connectivity index is 1.65. The smallest absolute Gasteiger partial charge is 0.416 e. The van der Waals surface area contributed by atoms with Crippen LogP contribution < -0.4 is 17.2 Å². The van der Waals surface area contributed by atoms with Gasteiger partial charge in [0.1, 0.15) is 28.8 Å². The van der Waals surface area contributed by atoms with Crippen LogP contribution in [0.3, 0.4) is 0 Å². The van der Waals surface area contributed by atoms with Gasteiger partial charge in [0, 0.05) is 18.1 Å². The number of primary amides is 1. The molecule has 0 aliphatic carbocycles. The number of hydrogen-bond acceptors (Lipinski definition) is 8. The second-order valence-corrected chi connectivity index (χ2v) is 9.19. The first-order valence-corrected chi connectivity index (χ1v) is 12.2. The van der Waals surface area contributed by atoms with Gasteiger partial charge in [-0.1, -0.05) is 30.3 Å². The zero-order valence-electron chi connectivity index (χ0n) is 21.7. The summed E-state index contributed by atoms with van der Waals surface area (Å²) in [5.74, 6) is -2.23. The molecule has 0 spiro atoms. The normalized spacial score (nSPS) is 12.4. The van der Waals surface area contributed by atoms with Gasteiger partial charge in [-0.25, -0.2) is 18.6 Å². The molecule has 1 atom stereocenters. The third-order valence-corrected chi connectivity index (χ3v) is 6.51. The molecule has 0 aliphatic rings. The summed E-state index contributed by atoms with van der Waals surface area (Å²) in [5, 5.41) is 4.41. The second-order valence-electron chi connectivity index (χ2n) is 9.19. The van der Waals surface area contributed by atoms with Gasteiger partial charge in [0.25, 0.3) is 5.95 Å². The molecule has 15 heteroatoms. The Morgan fingerprint density at radius 2 is 1.74 bits per heavy atom. The van der Waals surface area contributed by atoms with Crippen molar-refractivity contribution >= 4 is 28.8 Å². The molecule has 3 heterocycles. The minimum absolute atomic E-state index is 0.0127. The third-order valence-electron chi connectivity index (χ3n) is 6.51. The molecular formula is C27H21F5N8O2. The van der Waals surface area contributed by atoms with Gasteiger partial charge in [-0.2, -0.15) is 32.9 Å². The van der Waals surface area contributed by atoms with E-state index in [9.17, 15) is 26.7 Å². The van der Waals surface area contributed by atoms with Gasteiger partial charge >= 0.3 is 12.3 Å². The predicted molar refractivity (Wildman–Crippen MR) is 141 cm³/mol. The monoisotopic (exact) mass is 584 g/mol. The summed E-state index contributed by atoms with van der Waals surface area (Å²) >= 11 is 0. The van der Waals surface area contributed by atoms with Crippen molar-refractivity contribution in [2.24, 2.45) is 5.73 Å². The van der Waals surface area contributed by atoms with Crippen LogP contribution in [0.4, 0.5) is 38.4 Å². The van der Waals surface area contributed by atoms with Crippen molar-refractivity contribution in [2.45, 2.75) is 25.6 Å². The molecule has 0 saturated heterocycles. The Labute approximate surface area is 233 Å². The topological polar surface area (TPSA) is 161 Å². The number of ether oxygens (including phenoxy) is 1. The largest absolute Gasteiger partial charge is 0.436 e. The maximum atomic E-state index is 14.4. The molecule has 0 bridgehead atoms. The maximum absolute atomic E-state index is 14.4. The highest BCUT2D eigenvalue weighted by Crippen LogP contribution is 2.40. The van der Waals surface area contributed by atoms with Crippen LogP contribution in [0.5, 0.6) is 0 Å². The molecule has 1 amide bonds. The molecule has 6 N–H and O–H groups in total. The molecule has 0 fully saturated rings. The minimum atomic E-state index is -4.71. The van der Waals surface area contributed by atoms with Crippen molar-refractivity contribution in [3.63, 3.8) is 0 Å². The van der Waals surface area contributed by atoms with E-state index in [0.29, 0.717) is 5.56 Å². The number of carbonyl (C=O) groups excluding carboxylic acids is 1. The highest BCUT2D eigenvalue weighted by molar-refractivity contribution is 5.79. The number of nitrogens with two attached hydrogens (primary N) is 3. The number of halogens is 5. The maximum Gasteiger partial charge on any atom is 0.416 e. The van der Waals surface area contributed by atoms with Crippen molar-refractivity contribution in [3.05, 3.63) is 99.9 Å². The minimum Gasteiger partial charge on any atom is -0.436 e. The molecule has 0 saturated carbocycles. The highest BCUT2D eigenvalue weighted by atomic mass is 19.4. The molecule has 216 valence electrons. The van der Waals surface area contributed by atoms with E-state index < -0.39 is 35.6 Å². The fourth-order valence-electron chi connectivity index (χ4n) is 4.62. The fourth-order valence-corrected chi connectivity index (χ4v) is 4.62. The van der Waals surface area contributed by atoms with E-state index in [0.717, 1.165) is 29.1 Å². The van der Waals surface area contributed by atoms with Crippen molar-refractivity contribution in [1.29, 1.82) is 0 Å². The standard InChI is InChI=1S/C27H21F5N8O2/c1-12-15(6-4-7-16(12)27(30,31)32)22(42-25(35)41)20-23(33)37-26(38-24(20)34)40-19-10-14(28)11-36-21(19)18(39-40)9-13-5-2-3-8-17(13)29/h2-8,10-11,22H,9H2,1H3,(H2,35,41)(H4,33,34,37,38). The Morgan fingerprint density at radius 1 is 1.05 bits per heavy atom. The van der Waals surface area contributed by atoms with Crippen LogP contribution in [0.25, 0.3) is 17.0 Å². The zero-order chi connectivity index (χ0) is 30.3. The van der Waals surface area contributed by atoms with Gasteiger partial charge in [-0.15, -0.1) is 0 Å². The molecule has 0 radical (unpaired) electrons. The number of nitrogens with zero attached hydrogens (tertiary/aromatic N) is 5. The van der Waals surface area contributed by atoms with Crippen LogP contribution in [0.1, 0.15) is 39.6 Å². The van der Waals surface area contributed by atoms with Gasteiger partial charge in [0.2, 0.25) is 0 Å². The van der Waals surface area contributed by atoms with E-state index in [1.165, 1.54) is 25.1 Å². The number of nitrogen functional groups attached to an aromatic ring is 2. The molecule has 10 nitrogen and oxygen atoms in total. The summed E-state index contributed by atoms with van der Waals surface area (Å²) < 4.78 is 75.7. The van der Waals surface area contributed by atoms with Crippen LogP contribution in [0.2, 0.25) is 0 Å². The number of hydrogen-bond donors (Lipinski definition) is 3. The number of carbonyl (C=O) groups is 1. The van der Waals surface area contributed by atoms with Crippen molar-refractivity contribution in [3.8, 4) is 5.95 Å². The van der Waals surface area contributed by atoms with E-state index in [-0.39, 0.29) is 57.4 Å². The lowest BCUT2D eigenvalue weighted by Crippen LogP contribution is -2.23. The first-order valence-electron chi connectivity index (χ1n) is 12.2. The third kappa shape index (κ3) is 5.23. The Hall–Kier alpha value is -5.34. The first-order chi connectivity index (χ1) is 19.8. The van der Waals surface area contributed by atoms with Crippen LogP contribution in [0, 0.1) is 18.6 Å². The van der Waals surface area contributed by atoms with E-state index in [4.69, 9.17) is 21.9 Å². The lowest BCUT2D eigenvalue weighted by Gasteiger charge is -2.23. The summed E-state index contributed by atoms with van der Waals surface area (Å²) in [5.41, 5.74) is 16.9. The van der Waals surface area contributed by atoms with Crippen molar-refractivity contribution in [1.82, 2.24) is 24.7 Å². The number of alkyl halides is 3. The molecule has 42 heavy (non-hydrogen) atoms. The summed E-state index contributed by atoms with van der Waals surface area (Å²) in [4.78, 5) is 24.2. The fraction of sp³-hybridized carbons (Fsp3) is 0.148. The summed E-state index contributed by atoms with van der Waals surface area (Å²) in [6.07, 6.45) is -6.68. The van der Waals surface area contributed by atoms with Crippen molar-refractivity contribution in [2.75, 3.05) is 11.5 Å². The summed E-state index contributed by atoms with van der Waals surface area (Å²) in [7, 11) is 0. The molecule has 2 aromatic carbocycles. The lowest BCUT2D eigenvalue weighted by molar-refractivity contribution is -0.138. The van der Waals surface area contributed by atoms with Crippen LogP contribution in [-0.4, -0.2) is 30.8 Å². The number of anilines is 2. The predicted octanol–water partition coefficient (Wildman–Crippen LogP) is 4.76. The lowest BCUT2D eigenvalue weighted by atomic mass is 9.94. The van der Waals surface area contributed by atoms with Crippen LogP contribution in [0.15, 0.2) is 54.7 Å². The summed E-state index contributed by atoms with van der Waals surface area (Å²) in [6.45, 7) is 1.19. The van der Waals surface area contributed by atoms with Gasteiger partial charge in [0.05, 0.1) is 28.5 Å². The second kappa shape index (κ2) is 10.6. The molecule has 5 rings (SSSR count). The number of pyridine rings is 1. The average Bonchev–Trinajstić information content (AvgIpc) is 3.25. The number of aromatic nitrogens is 5. The zero-order valence-corrected chi connectivity index (χ0v) is 21.7. The van der Waals surface area contributed by atoms with Crippen LogP contribution in [-0.2, 0) is 17.3 Å². The van der Waals surface area contributed by atoms with Gasteiger partial charge < -0.3 is 21.9 Å². The Kier molecular flexibility index (Phi) is 7.10. The van der Waals surface area contributed by atoms with Gasteiger partial charge in [0.15, 0.2) is 6.10 Å². The molecule has 5 aromatic rings. The Morgan fingerprint density at radius 3 is 2.38 bits per heavy atom. The SMILES string of the molecule is Cc1c(C(OC(N)=O)c2c(N)nc(-n3nc(Cc4ccccc4F)c4ncc(F)cc43)nc2N)cccc1C(F)(F)F. The quantitative estimate of drug-likeness (QED) is 0.241. The molecule has 1 unspecified atom stereocenters. The van der Waals surface area contributed by atoms with Crippen LogP contribution >= 0.6 is 0 Å². The van der Waals surface area contributed by atoms with Crippen molar-refractivity contribution < 1.29 is 31.5 Å². The van der Waals surface area contributed by atoms with E-state index in [1.54, 1.807) is 12.1 Å². The Bertz CT molecular complexity index is 1820. The van der Waals surface area contributed by atoms with E-state index in [2.05, 4.69) is 20.1 Å². The highest BCUT2D eigenvalue weighted by Gasteiger charge is 2.36. The number of benzene rings is 2. The first kappa shape index (κ1) is 28.2. The van der Waals surface area contributed by atoms with E-state index >= 15 is 0 Å². The number of rotatable bonds is 6. The van der Waals surface area contributed by atoms with Gasteiger partial charge in [-0.05, 0) is 30.2 Å². The van der Waals surface area contributed by atoms with Gasteiger partial charge in [-0.3, -0.25) is 0 Å². The summed E-state index contributed by atoms with van der Waals surface area (Å²) in [6, 6.07) is 10.4. The number of fused-ring (bicyclic) bond motifs is 1. The average molecular weight is 585 g/mol. The van der Waals surface area contributed by atoms with E-state index in [1.807, 2.05) is 0 Å².